The lowest BCUT2D eigenvalue weighted by molar-refractivity contribution is -0.139. The van der Waals surface area contributed by atoms with Crippen molar-refractivity contribution in [2.24, 2.45) is 5.92 Å². The molecule has 1 amide bonds. The molecule has 3 heteroatoms. The molecule has 0 unspecified atom stereocenters. The number of ether oxygens (including phenoxy) is 1. The number of carbonyl (C=O) groups excluding carboxylic acids is 1. The fourth-order valence-corrected chi connectivity index (χ4v) is 2.28. The zero-order valence-electron chi connectivity index (χ0n) is 9.58. The molecular weight excluding hydrogens is 190 g/mol. The Bertz CT molecular complexity index is 220. The Hall–Kier alpha value is -0.570. The van der Waals surface area contributed by atoms with Gasteiger partial charge in [0.2, 0.25) is 5.91 Å². The van der Waals surface area contributed by atoms with Crippen molar-refractivity contribution in [2.75, 3.05) is 19.8 Å². The monoisotopic (exact) mass is 211 g/mol. The molecule has 3 nitrogen and oxygen atoms in total. The number of hydrogen-bond acceptors (Lipinski definition) is 2. The molecule has 0 N–H and O–H groups in total. The smallest absolute Gasteiger partial charge is 0.226 e. The molecule has 0 bridgehead atoms. The number of nitrogens with zero attached hydrogens (tertiary/aromatic N) is 1. The zero-order chi connectivity index (χ0) is 10.7. The highest BCUT2D eigenvalue weighted by atomic mass is 16.5. The molecule has 2 aliphatic rings. The maximum atomic E-state index is 12.2. The van der Waals surface area contributed by atoms with Crippen molar-refractivity contribution < 1.29 is 9.53 Å². The van der Waals surface area contributed by atoms with Crippen LogP contribution in [0.15, 0.2) is 0 Å². The molecule has 0 atom stereocenters. The van der Waals surface area contributed by atoms with E-state index in [1.807, 2.05) is 0 Å². The Balaban J connectivity index is 1.90. The molecule has 86 valence electrons. The molecule has 15 heavy (non-hydrogen) atoms. The lowest BCUT2D eigenvalue weighted by atomic mass is 9.98. The standard InChI is InChI=1S/C12H21NO2/c1-2-7-13(11-3-4-11)12(14)10-5-8-15-9-6-10/h10-11H,2-9H2,1H3. The predicted molar refractivity (Wildman–Crippen MR) is 58.6 cm³/mol. The number of rotatable bonds is 4. The normalized spacial score (nSPS) is 22.7. The summed E-state index contributed by atoms with van der Waals surface area (Å²) in [5.41, 5.74) is 0. The summed E-state index contributed by atoms with van der Waals surface area (Å²) >= 11 is 0. The summed E-state index contributed by atoms with van der Waals surface area (Å²) in [6, 6.07) is 0.570. The van der Waals surface area contributed by atoms with Gasteiger partial charge < -0.3 is 9.64 Å². The maximum Gasteiger partial charge on any atom is 0.226 e. The lowest BCUT2D eigenvalue weighted by Gasteiger charge is -2.29. The van der Waals surface area contributed by atoms with Gasteiger partial charge in [0.05, 0.1) is 0 Å². The van der Waals surface area contributed by atoms with Crippen molar-refractivity contribution >= 4 is 5.91 Å². The average molecular weight is 211 g/mol. The minimum atomic E-state index is 0.242. The molecule has 1 aliphatic carbocycles. The Morgan fingerprint density at radius 3 is 2.47 bits per heavy atom. The first-order chi connectivity index (χ1) is 7.33. The first kappa shape index (κ1) is 10.9. The van der Waals surface area contributed by atoms with E-state index in [-0.39, 0.29) is 5.92 Å². The minimum absolute atomic E-state index is 0.242. The van der Waals surface area contributed by atoms with Crippen LogP contribution in [0.5, 0.6) is 0 Å². The summed E-state index contributed by atoms with van der Waals surface area (Å²) in [4.78, 5) is 14.4. The molecule has 1 saturated heterocycles. The van der Waals surface area contributed by atoms with Crippen LogP contribution in [0.25, 0.3) is 0 Å². The van der Waals surface area contributed by atoms with E-state index in [0.29, 0.717) is 11.9 Å². The summed E-state index contributed by atoms with van der Waals surface area (Å²) in [5.74, 6) is 0.633. The Morgan fingerprint density at radius 1 is 1.27 bits per heavy atom. The van der Waals surface area contributed by atoms with Crippen LogP contribution in [0.1, 0.15) is 39.0 Å². The van der Waals surface area contributed by atoms with Gasteiger partial charge in [-0.2, -0.15) is 0 Å². The summed E-state index contributed by atoms with van der Waals surface area (Å²) in [5, 5.41) is 0. The van der Waals surface area contributed by atoms with E-state index in [2.05, 4.69) is 11.8 Å². The minimum Gasteiger partial charge on any atom is -0.381 e. The van der Waals surface area contributed by atoms with Gasteiger partial charge in [0.15, 0.2) is 0 Å². The van der Waals surface area contributed by atoms with E-state index in [1.54, 1.807) is 0 Å². The molecule has 1 heterocycles. The van der Waals surface area contributed by atoms with Gasteiger partial charge in [-0.25, -0.2) is 0 Å². The zero-order valence-corrected chi connectivity index (χ0v) is 9.58. The fourth-order valence-electron chi connectivity index (χ4n) is 2.28. The van der Waals surface area contributed by atoms with Gasteiger partial charge in [0, 0.05) is 31.7 Å². The van der Waals surface area contributed by atoms with Gasteiger partial charge in [-0.05, 0) is 32.1 Å². The highest BCUT2D eigenvalue weighted by Gasteiger charge is 2.35. The molecule has 2 fully saturated rings. The third-order valence-electron chi connectivity index (χ3n) is 3.31. The highest BCUT2D eigenvalue weighted by Crippen LogP contribution is 2.30. The summed E-state index contributed by atoms with van der Waals surface area (Å²) in [7, 11) is 0. The van der Waals surface area contributed by atoms with Crippen molar-refractivity contribution in [3.63, 3.8) is 0 Å². The van der Waals surface area contributed by atoms with Gasteiger partial charge >= 0.3 is 0 Å². The van der Waals surface area contributed by atoms with Gasteiger partial charge in [-0.1, -0.05) is 6.92 Å². The van der Waals surface area contributed by atoms with E-state index in [4.69, 9.17) is 4.74 Å². The predicted octanol–water partition coefficient (Wildman–Crippen LogP) is 1.81. The van der Waals surface area contributed by atoms with Crippen LogP contribution in [0.4, 0.5) is 0 Å². The first-order valence-electron chi connectivity index (χ1n) is 6.21. The second-order valence-corrected chi connectivity index (χ2v) is 4.65. The van der Waals surface area contributed by atoms with Crippen LogP contribution >= 0.6 is 0 Å². The molecule has 0 aromatic rings. The van der Waals surface area contributed by atoms with Crippen molar-refractivity contribution in [2.45, 2.75) is 45.1 Å². The number of amides is 1. The van der Waals surface area contributed by atoms with E-state index in [9.17, 15) is 4.79 Å². The van der Waals surface area contributed by atoms with Gasteiger partial charge in [-0.15, -0.1) is 0 Å². The molecular formula is C12H21NO2. The molecule has 0 aromatic heterocycles. The van der Waals surface area contributed by atoms with Crippen LogP contribution < -0.4 is 0 Å². The number of carbonyl (C=O) groups is 1. The highest BCUT2D eigenvalue weighted by molar-refractivity contribution is 5.79. The van der Waals surface area contributed by atoms with Crippen LogP contribution in [0.2, 0.25) is 0 Å². The van der Waals surface area contributed by atoms with Crippen LogP contribution in [-0.2, 0) is 9.53 Å². The SMILES string of the molecule is CCCN(C(=O)C1CCOCC1)C1CC1. The molecule has 2 rings (SSSR count). The molecule has 0 spiro atoms. The van der Waals surface area contributed by atoms with E-state index < -0.39 is 0 Å². The molecule has 0 aromatic carbocycles. The lowest BCUT2D eigenvalue weighted by Crippen LogP contribution is -2.40. The Kier molecular flexibility index (Phi) is 3.62. The average Bonchev–Trinajstić information content (AvgIpc) is 3.10. The van der Waals surface area contributed by atoms with Crippen LogP contribution in [-0.4, -0.2) is 36.6 Å². The van der Waals surface area contributed by atoms with Gasteiger partial charge in [0.1, 0.15) is 0 Å². The van der Waals surface area contributed by atoms with Gasteiger partial charge in [0.25, 0.3) is 0 Å². The fraction of sp³-hybridized carbons (Fsp3) is 0.917. The Morgan fingerprint density at radius 2 is 1.93 bits per heavy atom. The van der Waals surface area contributed by atoms with E-state index in [0.717, 1.165) is 39.0 Å². The van der Waals surface area contributed by atoms with Crippen LogP contribution in [0, 0.1) is 5.92 Å². The Labute approximate surface area is 91.8 Å². The van der Waals surface area contributed by atoms with Crippen molar-refractivity contribution in [3.8, 4) is 0 Å². The third kappa shape index (κ3) is 2.71. The summed E-state index contributed by atoms with van der Waals surface area (Å²) in [6.07, 6.45) is 5.35. The van der Waals surface area contributed by atoms with E-state index in [1.165, 1.54) is 12.8 Å². The van der Waals surface area contributed by atoms with Crippen molar-refractivity contribution in [1.29, 1.82) is 0 Å². The van der Waals surface area contributed by atoms with Crippen LogP contribution in [0.3, 0.4) is 0 Å². The maximum absolute atomic E-state index is 12.2. The van der Waals surface area contributed by atoms with Crippen molar-refractivity contribution in [1.82, 2.24) is 4.90 Å². The number of hydrogen-bond donors (Lipinski definition) is 0. The first-order valence-corrected chi connectivity index (χ1v) is 6.21. The van der Waals surface area contributed by atoms with E-state index >= 15 is 0 Å². The summed E-state index contributed by atoms with van der Waals surface area (Å²) in [6.45, 7) is 4.62. The quantitative estimate of drug-likeness (QED) is 0.710. The van der Waals surface area contributed by atoms with Crippen molar-refractivity contribution in [3.05, 3.63) is 0 Å². The molecule has 1 saturated carbocycles. The topological polar surface area (TPSA) is 29.5 Å². The second-order valence-electron chi connectivity index (χ2n) is 4.65. The third-order valence-corrected chi connectivity index (χ3v) is 3.31. The largest absolute Gasteiger partial charge is 0.381 e. The molecule has 0 radical (unpaired) electrons. The molecule has 1 aliphatic heterocycles. The van der Waals surface area contributed by atoms with Gasteiger partial charge in [-0.3, -0.25) is 4.79 Å². The summed E-state index contributed by atoms with van der Waals surface area (Å²) < 4.78 is 5.29. The second kappa shape index (κ2) is 4.97.